The van der Waals surface area contributed by atoms with Crippen LogP contribution in [0.15, 0.2) is 29.2 Å². The Bertz CT molecular complexity index is 553. The molecule has 0 aliphatic carbocycles. The van der Waals surface area contributed by atoms with Gasteiger partial charge in [-0.25, -0.2) is 8.42 Å². The molecule has 120 valence electrons. The maximum absolute atomic E-state index is 12.7. The topological polar surface area (TPSA) is 49.4 Å². The van der Waals surface area contributed by atoms with Crippen LogP contribution in [0.5, 0.6) is 0 Å². The summed E-state index contributed by atoms with van der Waals surface area (Å²) in [6.07, 6.45) is 1.83. The van der Waals surface area contributed by atoms with Crippen molar-refractivity contribution in [2.45, 2.75) is 57.5 Å². The fourth-order valence-electron chi connectivity index (χ4n) is 1.93. The highest BCUT2D eigenvalue weighted by atomic mass is 32.2. The Hall–Kier alpha value is -0.910. The second-order valence-corrected chi connectivity index (χ2v) is 7.93. The Labute approximate surface area is 129 Å². The van der Waals surface area contributed by atoms with Crippen LogP contribution in [0.4, 0.5) is 0 Å². The Morgan fingerprint density at radius 2 is 1.90 bits per heavy atom. The van der Waals surface area contributed by atoms with Gasteiger partial charge in [0.05, 0.1) is 4.90 Å². The van der Waals surface area contributed by atoms with Gasteiger partial charge in [-0.15, -0.1) is 0 Å². The van der Waals surface area contributed by atoms with Crippen LogP contribution in [0.2, 0.25) is 0 Å². The van der Waals surface area contributed by atoms with Crippen LogP contribution in [0.1, 0.15) is 46.1 Å². The minimum atomic E-state index is -3.46. The zero-order valence-electron chi connectivity index (χ0n) is 13.8. The van der Waals surface area contributed by atoms with Gasteiger partial charge in [-0.05, 0) is 50.9 Å². The lowest BCUT2D eigenvalue weighted by Gasteiger charge is -2.33. The molecule has 0 aliphatic rings. The number of hydrogen-bond acceptors (Lipinski definition) is 3. The molecule has 0 saturated heterocycles. The summed E-state index contributed by atoms with van der Waals surface area (Å²) in [4.78, 5) is 0.363. The average Bonchev–Trinajstić information content (AvgIpc) is 2.47. The van der Waals surface area contributed by atoms with Crippen LogP contribution < -0.4 is 5.32 Å². The number of nitrogens with one attached hydrogen (secondary N) is 1. The van der Waals surface area contributed by atoms with E-state index in [2.05, 4.69) is 12.2 Å². The van der Waals surface area contributed by atoms with Crippen molar-refractivity contribution in [3.05, 3.63) is 29.8 Å². The predicted molar refractivity (Wildman–Crippen MR) is 87.8 cm³/mol. The first kappa shape index (κ1) is 18.1. The molecule has 0 fully saturated rings. The van der Waals surface area contributed by atoms with E-state index >= 15 is 0 Å². The minimum absolute atomic E-state index is 0.363. The molecule has 1 aromatic carbocycles. The summed E-state index contributed by atoms with van der Waals surface area (Å²) in [5.74, 6) is 0. The quantitative estimate of drug-likeness (QED) is 0.751. The highest BCUT2D eigenvalue weighted by molar-refractivity contribution is 7.89. The molecule has 0 saturated carbocycles. The normalized spacial score (nSPS) is 12.9. The van der Waals surface area contributed by atoms with Gasteiger partial charge in [0, 0.05) is 19.1 Å². The highest BCUT2D eigenvalue weighted by Crippen LogP contribution is 2.25. The van der Waals surface area contributed by atoms with Crippen molar-refractivity contribution < 1.29 is 8.42 Å². The van der Waals surface area contributed by atoms with Gasteiger partial charge in [0.1, 0.15) is 0 Å². The lowest BCUT2D eigenvalue weighted by atomic mass is 10.0. The third-order valence-corrected chi connectivity index (χ3v) is 6.10. The van der Waals surface area contributed by atoms with E-state index in [9.17, 15) is 8.42 Å². The first-order chi connectivity index (χ1) is 9.75. The lowest BCUT2D eigenvalue weighted by Crippen LogP contribution is -2.44. The van der Waals surface area contributed by atoms with Gasteiger partial charge in [-0.3, -0.25) is 0 Å². The Morgan fingerprint density at radius 3 is 2.48 bits per heavy atom. The zero-order chi connectivity index (χ0) is 16.1. The molecule has 0 bridgehead atoms. The average molecular weight is 312 g/mol. The molecular formula is C16H28N2O2S. The molecule has 0 aliphatic heterocycles. The van der Waals surface area contributed by atoms with Gasteiger partial charge < -0.3 is 5.32 Å². The Kier molecular flexibility index (Phi) is 6.38. The molecule has 1 N–H and O–H groups in total. The van der Waals surface area contributed by atoms with Crippen molar-refractivity contribution in [1.29, 1.82) is 0 Å². The molecule has 4 nitrogen and oxygen atoms in total. The number of nitrogens with zero attached hydrogens (tertiary/aromatic N) is 1. The third kappa shape index (κ3) is 4.53. The lowest BCUT2D eigenvalue weighted by molar-refractivity contribution is 0.257. The number of sulfonamides is 1. The highest BCUT2D eigenvalue weighted by Gasteiger charge is 2.32. The molecule has 21 heavy (non-hydrogen) atoms. The maximum Gasteiger partial charge on any atom is 0.243 e. The predicted octanol–water partition coefficient (Wildman–Crippen LogP) is 3.00. The van der Waals surface area contributed by atoms with Gasteiger partial charge in [0.2, 0.25) is 10.0 Å². The molecule has 5 heteroatoms. The van der Waals surface area contributed by atoms with Crippen molar-refractivity contribution in [3.63, 3.8) is 0 Å². The molecule has 0 radical (unpaired) electrons. The molecular weight excluding hydrogens is 284 g/mol. The summed E-state index contributed by atoms with van der Waals surface area (Å²) in [6.45, 7) is 9.61. The van der Waals surface area contributed by atoms with Crippen LogP contribution >= 0.6 is 0 Å². The van der Waals surface area contributed by atoms with Gasteiger partial charge in [-0.2, -0.15) is 4.31 Å². The van der Waals surface area contributed by atoms with Crippen molar-refractivity contribution in [2.75, 3.05) is 13.6 Å². The fraction of sp³-hybridized carbons (Fsp3) is 0.625. The van der Waals surface area contributed by atoms with E-state index in [0.29, 0.717) is 11.4 Å². The summed E-state index contributed by atoms with van der Waals surface area (Å²) >= 11 is 0. The fourth-order valence-corrected chi connectivity index (χ4v) is 3.58. The molecule has 0 aromatic heterocycles. The number of rotatable bonds is 8. The van der Waals surface area contributed by atoms with Gasteiger partial charge in [0.25, 0.3) is 0 Å². The van der Waals surface area contributed by atoms with Crippen molar-refractivity contribution >= 4 is 10.0 Å². The molecule has 0 spiro atoms. The third-order valence-electron chi connectivity index (χ3n) is 4.03. The Balaban J connectivity index is 3.01. The van der Waals surface area contributed by atoms with Crippen LogP contribution in [-0.2, 0) is 16.6 Å². The smallest absolute Gasteiger partial charge is 0.243 e. The van der Waals surface area contributed by atoms with Crippen LogP contribution in [0.3, 0.4) is 0 Å². The van der Waals surface area contributed by atoms with E-state index in [-0.39, 0.29) is 0 Å². The first-order valence-corrected chi connectivity index (χ1v) is 8.98. The maximum atomic E-state index is 12.7. The van der Waals surface area contributed by atoms with Gasteiger partial charge in [-0.1, -0.05) is 26.0 Å². The largest absolute Gasteiger partial charge is 0.313 e. The summed E-state index contributed by atoms with van der Waals surface area (Å²) in [5, 5.41) is 3.29. The van der Waals surface area contributed by atoms with Gasteiger partial charge in [0.15, 0.2) is 0 Å². The van der Waals surface area contributed by atoms with E-state index in [1.54, 1.807) is 19.2 Å². The second-order valence-electron chi connectivity index (χ2n) is 5.96. The van der Waals surface area contributed by atoms with E-state index in [0.717, 1.165) is 24.9 Å². The van der Waals surface area contributed by atoms with Crippen molar-refractivity contribution in [3.8, 4) is 0 Å². The molecule has 1 rings (SSSR count). The second kappa shape index (κ2) is 7.38. The van der Waals surface area contributed by atoms with E-state index in [4.69, 9.17) is 0 Å². The summed E-state index contributed by atoms with van der Waals surface area (Å²) in [7, 11) is -1.80. The zero-order valence-corrected chi connectivity index (χ0v) is 14.6. The van der Waals surface area contributed by atoms with Crippen molar-refractivity contribution in [2.24, 2.45) is 0 Å². The monoisotopic (exact) mass is 312 g/mol. The van der Waals surface area contributed by atoms with E-state index < -0.39 is 15.6 Å². The Morgan fingerprint density at radius 1 is 1.24 bits per heavy atom. The SMILES string of the molecule is CCCNCc1cccc(S(=O)(=O)N(C)C(C)(C)CC)c1. The van der Waals surface area contributed by atoms with E-state index in [1.807, 2.05) is 32.9 Å². The number of hydrogen-bond donors (Lipinski definition) is 1. The molecule has 0 unspecified atom stereocenters. The molecule has 0 atom stereocenters. The van der Waals surface area contributed by atoms with E-state index in [1.165, 1.54) is 4.31 Å². The van der Waals surface area contributed by atoms with Crippen molar-refractivity contribution in [1.82, 2.24) is 9.62 Å². The van der Waals surface area contributed by atoms with Crippen LogP contribution in [-0.4, -0.2) is 31.9 Å². The molecule has 0 amide bonds. The van der Waals surface area contributed by atoms with Crippen LogP contribution in [0, 0.1) is 0 Å². The van der Waals surface area contributed by atoms with Crippen LogP contribution in [0.25, 0.3) is 0 Å². The number of benzene rings is 1. The standard InChI is InChI=1S/C16H28N2O2S/c1-6-11-17-13-14-9-8-10-15(12-14)21(19,20)18(5)16(3,4)7-2/h8-10,12,17H,6-7,11,13H2,1-5H3. The summed E-state index contributed by atoms with van der Waals surface area (Å²) < 4.78 is 26.9. The summed E-state index contributed by atoms with van der Waals surface area (Å²) in [6, 6.07) is 7.19. The molecule has 1 aromatic rings. The summed E-state index contributed by atoms with van der Waals surface area (Å²) in [5.41, 5.74) is 0.599. The first-order valence-electron chi connectivity index (χ1n) is 7.54. The minimum Gasteiger partial charge on any atom is -0.313 e. The molecule has 0 heterocycles. The van der Waals surface area contributed by atoms with Gasteiger partial charge >= 0.3 is 0 Å².